The van der Waals surface area contributed by atoms with Crippen LogP contribution in [0.5, 0.6) is 5.75 Å². The average molecular weight is 302 g/mol. The third-order valence-electron chi connectivity index (χ3n) is 3.02. The fourth-order valence-corrected chi connectivity index (χ4v) is 2.10. The molecule has 116 valence electrons. The molecule has 5 heteroatoms. The number of esters is 1. The van der Waals surface area contributed by atoms with Gasteiger partial charge in [-0.25, -0.2) is 4.79 Å². The van der Waals surface area contributed by atoms with Crippen LogP contribution in [0.3, 0.4) is 0 Å². The number of carbonyl (C=O) groups is 2. The molecule has 2 rings (SSSR count). The largest absolute Gasteiger partial charge is 0.513 e. The van der Waals surface area contributed by atoms with Gasteiger partial charge in [-0.2, -0.15) is 0 Å². The van der Waals surface area contributed by atoms with Crippen molar-refractivity contribution in [3.8, 4) is 5.75 Å². The van der Waals surface area contributed by atoms with E-state index in [1.54, 1.807) is 19.9 Å². The zero-order chi connectivity index (χ0) is 15.9. The van der Waals surface area contributed by atoms with Crippen LogP contribution in [0.2, 0.25) is 0 Å². The average Bonchev–Trinajstić information content (AvgIpc) is 2.48. The Hall–Kier alpha value is -2.56. The fraction of sp³-hybridized carbons (Fsp3) is 0.294. The van der Waals surface area contributed by atoms with Gasteiger partial charge in [0.25, 0.3) is 0 Å². The number of benzene rings is 2. The molecule has 0 aliphatic heterocycles. The van der Waals surface area contributed by atoms with E-state index in [4.69, 9.17) is 14.2 Å². The van der Waals surface area contributed by atoms with Crippen molar-refractivity contribution >= 4 is 22.9 Å². The van der Waals surface area contributed by atoms with E-state index in [1.807, 2.05) is 30.3 Å². The lowest BCUT2D eigenvalue weighted by Crippen LogP contribution is -2.13. The van der Waals surface area contributed by atoms with Crippen LogP contribution in [-0.4, -0.2) is 25.3 Å². The fourth-order valence-electron chi connectivity index (χ4n) is 2.10. The molecule has 0 saturated carbocycles. The molecule has 0 spiro atoms. The van der Waals surface area contributed by atoms with Crippen LogP contribution >= 0.6 is 0 Å². The summed E-state index contributed by atoms with van der Waals surface area (Å²) in [6.07, 6.45) is -0.754. The first-order chi connectivity index (χ1) is 10.6. The Morgan fingerprint density at radius 1 is 0.955 bits per heavy atom. The normalized spacial score (nSPS) is 10.3. The molecule has 0 N–H and O–H groups in total. The molecule has 0 saturated heterocycles. The molecule has 0 aliphatic rings. The summed E-state index contributed by atoms with van der Waals surface area (Å²) in [6, 6.07) is 11.2. The van der Waals surface area contributed by atoms with E-state index < -0.39 is 6.16 Å². The van der Waals surface area contributed by atoms with Crippen molar-refractivity contribution in [3.63, 3.8) is 0 Å². The highest BCUT2D eigenvalue weighted by molar-refractivity contribution is 5.87. The highest BCUT2D eigenvalue weighted by Crippen LogP contribution is 2.27. The van der Waals surface area contributed by atoms with E-state index >= 15 is 0 Å². The molecule has 0 atom stereocenters. The Bertz CT molecular complexity index is 619. The molecule has 22 heavy (non-hydrogen) atoms. The highest BCUT2D eigenvalue weighted by Gasteiger charge is 2.15. The van der Waals surface area contributed by atoms with Crippen molar-refractivity contribution in [2.24, 2.45) is 0 Å². The van der Waals surface area contributed by atoms with Crippen molar-refractivity contribution in [2.45, 2.75) is 20.3 Å². The van der Waals surface area contributed by atoms with Crippen molar-refractivity contribution in [1.82, 2.24) is 0 Å². The number of fused-ring (bicyclic) bond motifs is 1. The number of hydrogen-bond donors (Lipinski definition) is 0. The van der Waals surface area contributed by atoms with Gasteiger partial charge in [0.2, 0.25) is 0 Å². The second kappa shape index (κ2) is 7.45. The molecule has 0 radical (unpaired) electrons. The smallest absolute Gasteiger partial charge is 0.466 e. The molecule has 0 heterocycles. The summed E-state index contributed by atoms with van der Waals surface area (Å²) in [7, 11) is 0. The summed E-state index contributed by atoms with van der Waals surface area (Å²) in [5, 5.41) is 1.87. The zero-order valence-electron chi connectivity index (χ0n) is 12.6. The van der Waals surface area contributed by atoms with Gasteiger partial charge in [-0.1, -0.05) is 24.3 Å². The Morgan fingerprint density at radius 2 is 1.59 bits per heavy atom. The minimum absolute atomic E-state index is 0.0351. The maximum atomic E-state index is 11.7. The number of hydrogen-bond acceptors (Lipinski definition) is 5. The summed E-state index contributed by atoms with van der Waals surface area (Å²) in [6.45, 7) is 3.97. The molecular weight excluding hydrogens is 284 g/mol. The quantitative estimate of drug-likeness (QED) is 0.625. The first-order valence-electron chi connectivity index (χ1n) is 7.16. The topological polar surface area (TPSA) is 61.8 Å². The lowest BCUT2D eigenvalue weighted by atomic mass is 10.0. The van der Waals surface area contributed by atoms with E-state index in [-0.39, 0.29) is 19.0 Å². The minimum atomic E-state index is -0.789. The van der Waals surface area contributed by atoms with Crippen LogP contribution in [0.15, 0.2) is 36.4 Å². The van der Waals surface area contributed by atoms with Crippen LogP contribution in [-0.2, 0) is 20.7 Å². The van der Waals surface area contributed by atoms with Gasteiger partial charge in [0, 0.05) is 5.56 Å². The van der Waals surface area contributed by atoms with E-state index in [1.165, 1.54) is 0 Å². The van der Waals surface area contributed by atoms with Crippen molar-refractivity contribution in [3.05, 3.63) is 42.0 Å². The first-order valence-corrected chi connectivity index (χ1v) is 7.16. The summed E-state index contributed by atoms with van der Waals surface area (Å²) in [5.41, 5.74) is 0.588. The molecule has 0 aromatic heterocycles. The molecule has 0 unspecified atom stereocenters. The van der Waals surface area contributed by atoms with Gasteiger partial charge in [0.05, 0.1) is 19.6 Å². The Kier molecular flexibility index (Phi) is 5.36. The highest BCUT2D eigenvalue weighted by atomic mass is 16.7. The first kappa shape index (κ1) is 15.8. The maximum absolute atomic E-state index is 11.7. The summed E-state index contributed by atoms with van der Waals surface area (Å²) in [5.74, 6) is -0.0586. The van der Waals surface area contributed by atoms with E-state index in [0.717, 1.165) is 10.8 Å². The van der Waals surface area contributed by atoms with Gasteiger partial charge in [-0.15, -0.1) is 0 Å². The van der Waals surface area contributed by atoms with Crippen molar-refractivity contribution in [2.75, 3.05) is 13.2 Å². The molecule has 0 fully saturated rings. The van der Waals surface area contributed by atoms with Gasteiger partial charge >= 0.3 is 12.1 Å². The van der Waals surface area contributed by atoms with Crippen LogP contribution in [0.25, 0.3) is 10.8 Å². The van der Waals surface area contributed by atoms with Crippen molar-refractivity contribution < 1.29 is 23.8 Å². The summed E-state index contributed by atoms with van der Waals surface area (Å²) >= 11 is 0. The van der Waals surface area contributed by atoms with Gasteiger partial charge in [-0.05, 0) is 36.8 Å². The standard InChI is InChI=1S/C17H18O5/c1-3-20-16(18)11-14-9-12-7-5-6-8-13(12)10-15(14)22-17(19)21-4-2/h5-10H,3-4,11H2,1-2H3. The Balaban J connectivity index is 2.36. The predicted octanol–water partition coefficient (Wildman–Crippen LogP) is 3.48. The third kappa shape index (κ3) is 3.97. The number of ether oxygens (including phenoxy) is 3. The molecule has 5 nitrogen and oxygen atoms in total. The molecule has 2 aromatic rings. The monoisotopic (exact) mass is 302 g/mol. The minimum Gasteiger partial charge on any atom is -0.466 e. The van der Waals surface area contributed by atoms with Crippen LogP contribution < -0.4 is 4.74 Å². The third-order valence-corrected chi connectivity index (χ3v) is 3.02. The molecule has 0 bridgehead atoms. The second-order valence-corrected chi connectivity index (χ2v) is 4.57. The molecule has 0 amide bonds. The molecular formula is C17H18O5. The maximum Gasteiger partial charge on any atom is 0.513 e. The van der Waals surface area contributed by atoms with Gasteiger partial charge in [0.1, 0.15) is 5.75 Å². The number of rotatable bonds is 5. The Labute approximate surface area is 128 Å². The Morgan fingerprint density at radius 3 is 2.23 bits per heavy atom. The van der Waals surface area contributed by atoms with E-state index in [0.29, 0.717) is 17.9 Å². The SMILES string of the molecule is CCOC(=O)Cc1cc2ccccc2cc1OC(=O)OCC. The molecule has 0 aliphatic carbocycles. The van der Waals surface area contributed by atoms with Gasteiger partial charge in [0.15, 0.2) is 0 Å². The van der Waals surface area contributed by atoms with E-state index in [9.17, 15) is 9.59 Å². The van der Waals surface area contributed by atoms with Crippen LogP contribution in [0.1, 0.15) is 19.4 Å². The van der Waals surface area contributed by atoms with Gasteiger partial charge < -0.3 is 14.2 Å². The zero-order valence-corrected chi connectivity index (χ0v) is 12.6. The summed E-state index contributed by atoms with van der Waals surface area (Å²) in [4.78, 5) is 23.3. The lowest BCUT2D eigenvalue weighted by molar-refractivity contribution is -0.142. The lowest BCUT2D eigenvalue weighted by Gasteiger charge is -2.11. The van der Waals surface area contributed by atoms with Gasteiger partial charge in [-0.3, -0.25) is 4.79 Å². The van der Waals surface area contributed by atoms with Crippen LogP contribution in [0.4, 0.5) is 4.79 Å². The van der Waals surface area contributed by atoms with Crippen molar-refractivity contribution in [1.29, 1.82) is 0 Å². The second-order valence-electron chi connectivity index (χ2n) is 4.57. The van der Waals surface area contributed by atoms with E-state index in [2.05, 4.69) is 0 Å². The van der Waals surface area contributed by atoms with Crippen LogP contribution in [0, 0.1) is 0 Å². The predicted molar refractivity (Wildman–Crippen MR) is 81.9 cm³/mol. The molecule has 2 aromatic carbocycles. The summed E-state index contributed by atoms with van der Waals surface area (Å²) < 4.78 is 14.9. The number of carbonyl (C=O) groups excluding carboxylic acids is 2.